The van der Waals surface area contributed by atoms with Crippen LogP contribution in [0.25, 0.3) is 23.0 Å². The molecule has 0 aliphatic carbocycles. The summed E-state index contributed by atoms with van der Waals surface area (Å²) in [5, 5.41) is 8.89. The Hall–Kier alpha value is -3.21. The van der Waals surface area contributed by atoms with Gasteiger partial charge >= 0.3 is 0 Å². The summed E-state index contributed by atoms with van der Waals surface area (Å²) in [6.45, 7) is 4.21. The zero-order valence-electron chi connectivity index (χ0n) is 13.6. The molecule has 118 valence electrons. The van der Waals surface area contributed by atoms with Crippen molar-refractivity contribution in [3.05, 3.63) is 78.4 Å². The van der Waals surface area contributed by atoms with Crippen molar-refractivity contribution >= 4 is 0 Å². The van der Waals surface area contributed by atoms with Crippen LogP contribution in [0.3, 0.4) is 0 Å². The number of para-hydroxylation sites is 1. The Kier molecular flexibility index (Phi) is 3.46. The van der Waals surface area contributed by atoms with Crippen LogP contribution in [-0.4, -0.2) is 24.3 Å². The van der Waals surface area contributed by atoms with Gasteiger partial charge in [0, 0.05) is 18.0 Å². The predicted molar refractivity (Wildman–Crippen MR) is 93.4 cm³/mol. The Morgan fingerprint density at radius 3 is 2.25 bits per heavy atom. The van der Waals surface area contributed by atoms with Crippen molar-refractivity contribution in [3.63, 3.8) is 0 Å². The lowest BCUT2D eigenvalue weighted by Crippen LogP contribution is -2.08. The maximum absolute atomic E-state index is 4.47. The molecule has 2 heterocycles. The van der Waals surface area contributed by atoms with Crippen LogP contribution in [0, 0.1) is 13.8 Å². The minimum Gasteiger partial charge on any atom is -0.274 e. The first-order valence-corrected chi connectivity index (χ1v) is 7.81. The molecule has 2 aromatic heterocycles. The fraction of sp³-hybridized carbons (Fsp3) is 0.105. The van der Waals surface area contributed by atoms with Gasteiger partial charge in [0.25, 0.3) is 0 Å². The number of hydrogen-bond donors (Lipinski definition) is 0. The lowest BCUT2D eigenvalue weighted by atomic mass is 10.1. The quantitative estimate of drug-likeness (QED) is 0.578. The van der Waals surface area contributed by atoms with Gasteiger partial charge in [-0.2, -0.15) is 0 Å². The normalized spacial score (nSPS) is 10.9. The molecule has 0 unspecified atom stereocenters. The molecule has 0 aliphatic rings. The van der Waals surface area contributed by atoms with Crippen LogP contribution in [0.15, 0.2) is 67.3 Å². The second-order valence-electron chi connectivity index (χ2n) is 5.74. The molecule has 0 amide bonds. The van der Waals surface area contributed by atoms with Gasteiger partial charge in [-0.1, -0.05) is 48.5 Å². The van der Waals surface area contributed by atoms with Crippen molar-refractivity contribution in [2.75, 3.05) is 0 Å². The van der Waals surface area contributed by atoms with Crippen molar-refractivity contribution in [2.24, 2.45) is 0 Å². The van der Waals surface area contributed by atoms with E-state index in [0.717, 1.165) is 23.0 Å². The molecule has 5 nitrogen and oxygen atoms in total. The van der Waals surface area contributed by atoms with Crippen LogP contribution in [0.4, 0.5) is 0 Å². The third-order valence-electron chi connectivity index (χ3n) is 4.08. The molecule has 0 fully saturated rings. The Morgan fingerprint density at radius 1 is 0.833 bits per heavy atom. The summed E-state index contributed by atoms with van der Waals surface area (Å²) in [6, 6.07) is 16.4. The van der Waals surface area contributed by atoms with Crippen molar-refractivity contribution in [3.8, 4) is 23.0 Å². The second-order valence-corrected chi connectivity index (χ2v) is 5.74. The average molecular weight is 315 g/mol. The van der Waals surface area contributed by atoms with Crippen molar-refractivity contribution in [1.82, 2.24) is 24.3 Å². The maximum atomic E-state index is 4.47. The van der Waals surface area contributed by atoms with E-state index in [0.29, 0.717) is 0 Å². The van der Waals surface area contributed by atoms with Gasteiger partial charge in [-0.05, 0) is 25.0 Å². The van der Waals surface area contributed by atoms with Gasteiger partial charge in [0.2, 0.25) is 5.95 Å². The molecule has 4 aromatic rings. The highest BCUT2D eigenvalue weighted by atomic mass is 15.4. The molecular formula is C19H17N5. The number of imidazole rings is 1. The number of hydrogen-bond acceptors (Lipinski definition) is 3. The van der Waals surface area contributed by atoms with Crippen LogP contribution < -0.4 is 0 Å². The highest BCUT2D eigenvalue weighted by Crippen LogP contribution is 2.28. The molecule has 0 saturated carbocycles. The predicted octanol–water partition coefficient (Wildman–Crippen LogP) is 3.74. The zero-order valence-corrected chi connectivity index (χ0v) is 13.6. The van der Waals surface area contributed by atoms with Crippen LogP contribution in [0.1, 0.15) is 11.1 Å². The molecule has 0 atom stereocenters. The van der Waals surface area contributed by atoms with E-state index >= 15 is 0 Å². The van der Waals surface area contributed by atoms with E-state index in [1.54, 1.807) is 12.5 Å². The molecule has 0 spiro atoms. The molecule has 0 saturated heterocycles. The molecule has 0 N–H and O–H groups in total. The fourth-order valence-corrected chi connectivity index (χ4v) is 2.96. The van der Waals surface area contributed by atoms with Gasteiger partial charge in [0.1, 0.15) is 6.33 Å². The fourth-order valence-electron chi connectivity index (χ4n) is 2.96. The lowest BCUT2D eigenvalue weighted by Gasteiger charge is -2.15. The van der Waals surface area contributed by atoms with E-state index in [2.05, 4.69) is 51.8 Å². The number of aromatic nitrogens is 5. The number of benzene rings is 2. The smallest absolute Gasteiger partial charge is 0.241 e. The first kappa shape index (κ1) is 14.4. The highest BCUT2D eigenvalue weighted by Gasteiger charge is 2.19. The Labute approximate surface area is 140 Å². The van der Waals surface area contributed by atoms with Crippen molar-refractivity contribution < 1.29 is 0 Å². The highest BCUT2D eigenvalue weighted by molar-refractivity contribution is 5.62. The SMILES string of the molecule is Cc1cccc(C)c1-n1c(-c2ccccc2)nnc1-n1ccnc1. The monoisotopic (exact) mass is 315 g/mol. The van der Waals surface area contributed by atoms with E-state index in [-0.39, 0.29) is 0 Å². The summed E-state index contributed by atoms with van der Waals surface area (Å²) in [4.78, 5) is 4.14. The summed E-state index contributed by atoms with van der Waals surface area (Å²) >= 11 is 0. The maximum Gasteiger partial charge on any atom is 0.241 e. The Bertz CT molecular complexity index is 948. The molecular weight excluding hydrogens is 298 g/mol. The summed E-state index contributed by atoms with van der Waals surface area (Å²) < 4.78 is 3.98. The van der Waals surface area contributed by atoms with Gasteiger partial charge in [-0.25, -0.2) is 4.98 Å². The van der Waals surface area contributed by atoms with E-state index in [9.17, 15) is 0 Å². The summed E-state index contributed by atoms with van der Waals surface area (Å²) in [6.07, 6.45) is 5.36. The van der Waals surface area contributed by atoms with Crippen LogP contribution >= 0.6 is 0 Å². The Morgan fingerprint density at radius 2 is 1.58 bits per heavy atom. The molecule has 24 heavy (non-hydrogen) atoms. The summed E-state index contributed by atoms with van der Waals surface area (Å²) in [5.41, 5.74) is 4.48. The first-order chi connectivity index (χ1) is 11.8. The minimum atomic E-state index is 0.726. The van der Waals surface area contributed by atoms with Crippen LogP contribution in [-0.2, 0) is 0 Å². The average Bonchev–Trinajstić information content (AvgIpc) is 3.25. The number of aryl methyl sites for hydroxylation is 2. The van der Waals surface area contributed by atoms with Crippen molar-refractivity contribution in [1.29, 1.82) is 0 Å². The Balaban J connectivity index is 2.04. The number of rotatable bonds is 3. The minimum absolute atomic E-state index is 0.726. The second kappa shape index (κ2) is 5.77. The van der Waals surface area contributed by atoms with E-state index in [1.807, 2.05) is 41.1 Å². The van der Waals surface area contributed by atoms with Crippen molar-refractivity contribution in [2.45, 2.75) is 13.8 Å². The standard InChI is InChI=1S/C19H17N5/c1-14-7-6-8-15(2)17(14)24-18(16-9-4-3-5-10-16)21-22-19(24)23-12-11-20-13-23/h3-13H,1-2H3. The van der Waals surface area contributed by atoms with Crippen LogP contribution in [0.5, 0.6) is 0 Å². The van der Waals surface area contributed by atoms with Gasteiger partial charge in [0.15, 0.2) is 5.82 Å². The molecule has 0 bridgehead atoms. The van der Waals surface area contributed by atoms with Crippen LogP contribution in [0.2, 0.25) is 0 Å². The summed E-state index contributed by atoms with van der Waals surface area (Å²) in [5.74, 6) is 1.54. The van der Waals surface area contributed by atoms with Gasteiger partial charge in [-0.15, -0.1) is 10.2 Å². The third-order valence-corrected chi connectivity index (χ3v) is 4.08. The molecule has 0 radical (unpaired) electrons. The third kappa shape index (κ3) is 2.31. The first-order valence-electron chi connectivity index (χ1n) is 7.81. The van der Waals surface area contributed by atoms with E-state index < -0.39 is 0 Å². The van der Waals surface area contributed by atoms with E-state index in [4.69, 9.17) is 0 Å². The molecule has 5 heteroatoms. The molecule has 4 rings (SSSR count). The largest absolute Gasteiger partial charge is 0.274 e. The van der Waals surface area contributed by atoms with E-state index in [1.165, 1.54) is 11.1 Å². The molecule has 2 aromatic carbocycles. The topological polar surface area (TPSA) is 48.5 Å². The van der Waals surface area contributed by atoms with Gasteiger partial charge < -0.3 is 0 Å². The lowest BCUT2D eigenvalue weighted by molar-refractivity contribution is 0.876. The number of nitrogens with zero attached hydrogens (tertiary/aromatic N) is 5. The van der Waals surface area contributed by atoms with Gasteiger partial charge in [0.05, 0.1) is 5.69 Å². The van der Waals surface area contributed by atoms with Gasteiger partial charge in [-0.3, -0.25) is 9.13 Å². The zero-order chi connectivity index (χ0) is 16.5. The molecule has 0 aliphatic heterocycles. The summed E-state index contributed by atoms with van der Waals surface area (Å²) in [7, 11) is 0.